The lowest BCUT2D eigenvalue weighted by Gasteiger charge is -2.16. The normalized spacial score (nSPS) is 11.7. The second-order valence-corrected chi connectivity index (χ2v) is 8.42. The Balaban J connectivity index is 1.75. The summed E-state index contributed by atoms with van der Waals surface area (Å²) < 4.78 is 6.49. The predicted octanol–water partition coefficient (Wildman–Crippen LogP) is 4.59. The summed E-state index contributed by atoms with van der Waals surface area (Å²) in [7, 11) is 1.30. The molecule has 0 saturated carbocycles. The number of ether oxygens (including phenoxy) is 1. The van der Waals surface area contributed by atoms with E-state index >= 15 is 0 Å². The van der Waals surface area contributed by atoms with Crippen molar-refractivity contribution in [1.29, 1.82) is 0 Å². The van der Waals surface area contributed by atoms with Crippen LogP contribution < -0.4 is 10.6 Å². The lowest BCUT2D eigenvalue weighted by atomic mass is 10.1. The predicted molar refractivity (Wildman–Crippen MR) is 131 cm³/mol. The summed E-state index contributed by atoms with van der Waals surface area (Å²) in [6, 6.07) is 6.16. The Morgan fingerprint density at radius 3 is 2.44 bits per heavy atom. The highest BCUT2D eigenvalue weighted by molar-refractivity contribution is 6.34. The molecule has 0 fully saturated rings. The number of anilines is 2. The molecule has 2 aromatic heterocycles. The zero-order chi connectivity index (χ0) is 25.2. The molecule has 3 rings (SSSR count). The highest BCUT2D eigenvalue weighted by atomic mass is 35.5. The van der Waals surface area contributed by atoms with Gasteiger partial charge in [-0.25, -0.2) is 4.79 Å². The van der Waals surface area contributed by atoms with Crippen molar-refractivity contribution in [3.8, 4) is 0 Å². The average Bonchev–Trinajstić information content (AvgIpc) is 3.32. The van der Waals surface area contributed by atoms with Gasteiger partial charge in [0.25, 0.3) is 5.91 Å². The quantitative estimate of drug-likeness (QED) is 0.423. The van der Waals surface area contributed by atoms with Crippen LogP contribution in [0.25, 0.3) is 0 Å². The van der Waals surface area contributed by atoms with Gasteiger partial charge < -0.3 is 20.4 Å². The fourth-order valence-electron chi connectivity index (χ4n) is 3.80. The highest BCUT2D eigenvalue weighted by Crippen LogP contribution is 2.28. The summed E-state index contributed by atoms with van der Waals surface area (Å²) in [5.74, 6) is -1.19. The summed E-state index contributed by atoms with van der Waals surface area (Å²) in [5.41, 5.74) is 4.33. The van der Waals surface area contributed by atoms with E-state index in [1.165, 1.54) is 7.11 Å². The molecule has 2 heterocycles. The molecule has 2 amide bonds. The van der Waals surface area contributed by atoms with Gasteiger partial charge in [-0.2, -0.15) is 5.10 Å². The van der Waals surface area contributed by atoms with Gasteiger partial charge in [0.2, 0.25) is 5.91 Å². The maximum absolute atomic E-state index is 12.9. The molecule has 1 atom stereocenters. The minimum atomic E-state index is -0.531. The molecular formula is C24H28ClN5O4. The third kappa shape index (κ3) is 4.99. The molecule has 0 aliphatic heterocycles. The lowest BCUT2D eigenvalue weighted by molar-refractivity contribution is -0.119. The Labute approximate surface area is 202 Å². The van der Waals surface area contributed by atoms with Crippen LogP contribution in [-0.2, 0) is 16.0 Å². The molecule has 3 aromatic rings. The van der Waals surface area contributed by atoms with E-state index in [2.05, 4.69) is 20.7 Å². The number of carbonyl (C=O) groups excluding carboxylic acids is 3. The number of carbonyl (C=O) groups is 3. The van der Waals surface area contributed by atoms with Crippen LogP contribution in [0.5, 0.6) is 0 Å². The van der Waals surface area contributed by atoms with Crippen molar-refractivity contribution in [2.24, 2.45) is 0 Å². The third-order valence-corrected chi connectivity index (χ3v) is 5.89. The fraction of sp³-hybridized carbons (Fsp3) is 0.333. The number of halogens is 1. The number of methoxy groups -OCH3 is 1. The SMILES string of the molecule is CCc1[nH]c(C(=O)Nc2ccc(NC(=O)C(C)n3nc(C)cc3C)c(Cl)c2)c(C)c1C(=O)OC. The van der Waals surface area contributed by atoms with E-state index < -0.39 is 17.9 Å². The molecule has 1 aromatic carbocycles. The number of aromatic amines is 1. The Kier molecular flexibility index (Phi) is 7.46. The van der Waals surface area contributed by atoms with Gasteiger partial charge in [-0.3, -0.25) is 14.3 Å². The zero-order valence-electron chi connectivity index (χ0n) is 20.0. The van der Waals surface area contributed by atoms with E-state index in [0.29, 0.717) is 34.6 Å². The van der Waals surface area contributed by atoms with Gasteiger partial charge >= 0.3 is 5.97 Å². The largest absolute Gasteiger partial charge is 0.465 e. The van der Waals surface area contributed by atoms with Crippen molar-refractivity contribution in [2.75, 3.05) is 17.7 Å². The number of esters is 1. The first-order valence-electron chi connectivity index (χ1n) is 10.8. The van der Waals surface area contributed by atoms with Gasteiger partial charge in [0.1, 0.15) is 11.7 Å². The number of H-pyrrole nitrogens is 1. The number of nitrogens with one attached hydrogen (secondary N) is 3. The summed E-state index contributed by atoms with van der Waals surface area (Å²) in [6.45, 7) is 9.07. The Morgan fingerprint density at radius 2 is 1.88 bits per heavy atom. The average molecular weight is 486 g/mol. The molecule has 180 valence electrons. The van der Waals surface area contributed by atoms with E-state index in [1.54, 1.807) is 36.7 Å². The van der Waals surface area contributed by atoms with Crippen LogP contribution >= 0.6 is 11.6 Å². The number of nitrogens with zero attached hydrogens (tertiary/aromatic N) is 2. The molecule has 9 nitrogen and oxygen atoms in total. The monoisotopic (exact) mass is 485 g/mol. The summed E-state index contributed by atoms with van der Waals surface area (Å²) in [6.07, 6.45) is 0.537. The summed E-state index contributed by atoms with van der Waals surface area (Å²) in [5, 5.41) is 10.2. The van der Waals surface area contributed by atoms with Gasteiger partial charge in [0, 0.05) is 17.1 Å². The lowest BCUT2D eigenvalue weighted by Crippen LogP contribution is -2.25. The van der Waals surface area contributed by atoms with E-state index in [9.17, 15) is 14.4 Å². The van der Waals surface area contributed by atoms with Crippen LogP contribution in [0.1, 0.15) is 63.4 Å². The molecular weight excluding hydrogens is 458 g/mol. The number of rotatable bonds is 7. The minimum absolute atomic E-state index is 0.263. The van der Waals surface area contributed by atoms with Crippen LogP contribution in [0.4, 0.5) is 11.4 Å². The molecule has 1 unspecified atom stereocenters. The summed E-state index contributed by atoms with van der Waals surface area (Å²) in [4.78, 5) is 40.7. The van der Waals surface area contributed by atoms with Crippen LogP contribution in [-0.4, -0.2) is 39.7 Å². The fourth-order valence-corrected chi connectivity index (χ4v) is 4.03. The minimum Gasteiger partial charge on any atom is -0.465 e. The number of aromatic nitrogens is 3. The molecule has 0 radical (unpaired) electrons. The number of hydrogen-bond acceptors (Lipinski definition) is 5. The molecule has 10 heteroatoms. The van der Waals surface area contributed by atoms with Crippen LogP contribution in [0.3, 0.4) is 0 Å². The van der Waals surface area contributed by atoms with E-state index in [4.69, 9.17) is 16.3 Å². The smallest absolute Gasteiger partial charge is 0.339 e. The standard InChI is InChI=1S/C24H28ClN5O4/c1-7-18-20(24(33)34-6)14(4)21(27-18)23(32)26-16-8-9-19(17(25)11-16)28-22(31)15(5)30-13(3)10-12(2)29-30/h8-11,15,27H,7H2,1-6H3,(H,26,32)(H,28,31). The number of amides is 2. The maximum atomic E-state index is 12.9. The van der Waals surface area contributed by atoms with Crippen LogP contribution in [0.2, 0.25) is 5.02 Å². The Bertz CT molecular complexity index is 1260. The van der Waals surface area contributed by atoms with Gasteiger partial charge in [-0.05, 0) is 63.9 Å². The number of hydrogen-bond donors (Lipinski definition) is 3. The molecule has 3 N–H and O–H groups in total. The van der Waals surface area contributed by atoms with E-state index in [-0.39, 0.29) is 16.6 Å². The van der Waals surface area contributed by atoms with Crippen LogP contribution in [0, 0.1) is 20.8 Å². The second-order valence-electron chi connectivity index (χ2n) is 8.01. The van der Waals surface area contributed by atoms with E-state index in [0.717, 1.165) is 11.4 Å². The first-order chi connectivity index (χ1) is 16.1. The number of aryl methyl sites for hydroxylation is 3. The van der Waals surface area contributed by atoms with E-state index in [1.807, 2.05) is 26.8 Å². The van der Waals surface area contributed by atoms with Crippen molar-refractivity contribution >= 4 is 40.8 Å². The Morgan fingerprint density at radius 1 is 1.18 bits per heavy atom. The molecule has 0 saturated heterocycles. The third-order valence-electron chi connectivity index (χ3n) is 5.57. The summed E-state index contributed by atoms with van der Waals surface area (Å²) >= 11 is 6.37. The van der Waals surface area contributed by atoms with Crippen molar-refractivity contribution in [3.05, 3.63) is 63.2 Å². The van der Waals surface area contributed by atoms with Gasteiger partial charge in [0.15, 0.2) is 0 Å². The van der Waals surface area contributed by atoms with Crippen LogP contribution in [0.15, 0.2) is 24.3 Å². The molecule has 0 bridgehead atoms. The Hall–Kier alpha value is -3.59. The van der Waals surface area contributed by atoms with Crippen molar-refractivity contribution < 1.29 is 19.1 Å². The maximum Gasteiger partial charge on any atom is 0.339 e. The van der Waals surface area contributed by atoms with Crippen molar-refractivity contribution in [2.45, 2.75) is 47.1 Å². The van der Waals surface area contributed by atoms with Crippen molar-refractivity contribution in [1.82, 2.24) is 14.8 Å². The number of benzene rings is 1. The topological polar surface area (TPSA) is 118 Å². The molecule has 0 spiro atoms. The van der Waals surface area contributed by atoms with Gasteiger partial charge in [-0.1, -0.05) is 18.5 Å². The van der Waals surface area contributed by atoms with Gasteiger partial charge in [-0.15, -0.1) is 0 Å². The molecule has 34 heavy (non-hydrogen) atoms. The zero-order valence-corrected chi connectivity index (χ0v) is 20.8. The second kappa shape index (κ2) is 10.1. The molecule has 0 aliphatic carbocycles. The highest BCUT2D eigenvalue weighted by Gasteiger charge is 2.24. The first kappa shape index (κ1) is 25.0. The van der Waals surface area contributed by atoms with Gasteiger partial charge in [0.05, 0.1) is 29.1 Å². The van der Waals surface area contributed by atoms with Crippen molar-refractivity contribution in [3.63, 3.8) is 0 Å². The molecule has 0 aliphatic rings. The first-order valence-corrected chi connectivity index (χ1v) is 11.2.